The van der Waals surface area contributed by atoms with Crippen molar-refractivity contribution >= 4 is 17.7 Å². The molecule has 0 spiro atoms. The molecule has 2 aromatic rings. The summed E-state index contributed by atoms with van der Waals surface area (Å²) >= 11 is 1.26. The molecular formula is C12H14N4O2S. The molecule has 2 rings (SSSR count). The van der Waals surface area contributed by atoms with Crippen LogP contribution < -0.4 is 5.73 Å². The van der Waals surface area contributed by atoms with E-state index < -0.39 is 0 Å². The summed E-state index contributed by atoms with van der Waals surface area (Å²) in [6.07, 6.45) is 0. The second-order valence-electron chi connectivity index (χ2n) is 3.76. The number of nitrogens with two attached hydrogens (primary N) is 1. The minimum atomic E-state index is -0.388. The highest BCUT2D eigenvalue weighted by Crippen LogP contribution is 2.21. The summed E-state index contributed by atoms with van der Waals surface area (Å²) < 4.78 is 6.96. The molecule has 1 heterocycles. The van der Waals surface area contributed by atoms with Crippen LogP contribution in [0.4, 0.5) is 0 Å². The van der Waals surface area contributed by atoms with Crippen LogP contribution >= 0.6 is 11.8 Å². The summed E-state index contributed by atoms with van der Waals surface area (Å²) in [4.78, 5) is 10.9. The lowest BCUT2D eigenvalue weighted by atomic mass is 10.3. The standard InChI is InChI=1S/C12H14N4O2S/c1-18-7-11-14-15-12(19-8-10(13)17)16(11)9-5-3-2-4-6-9/h2-6H,7-8H2,1H3,(H2,13,17). The average molecular weight is 278 g/mol. The van der Waals surface area contributed by atoms with E-state index in [-0.39, 0.29) is 11.7 Å². The number of ether oxygens (including phenoxy) is 1. The zero-order valence-corrected chi connectivity index (χ0v) is 11.3. The summed E-state index contributed by atoms with van der Waals surface area (Å²) in [6.45, 7) is 0.346. The van der Waals surface area contributed by atoms with Gasteiger partial charge in [-0.25, -0.2) is 0 Å². The van der Waals surface area contributed by atoms with Gasteiger partial charge in [-0.15, -0.1) is 10.2 Å². The fraction of sp³-hybridized carbons (Fsp3) is 0.250. The van der Waals surface area contributed by atoms with Gasteiger partial charge in [0, 0.05) is 12.8 Å². The number of para-hydroxylation sites is 1. The number of nitrogens with zero attached hydrogens (tertiary/aromatic N) is 3. The second kappa shape index (κ2) is 6.35. The Bertz CT molecular complexity index is 556. The molecule has 2 N–H and O–H groups in total. The molecule has 100 valence electrons. The van der Waals surface area contributed by atoms with Crippen LogP contribution in [0.5, 0.6) is 0 Å². The molecular weight excluding hydrogens is 264 g/mol. The Balaban J connectivity index is 2.36. The molecule has 0 aliphatic carbocycles. The quantitative estimate of drug-likeness (QED) is 0.797. The molecule has 1 aromatic carbocycles. The van der Waals surface area contributed by atoms with Crippen molar-refractivity contribution in [2.24, 2.45) is 5.73 Å². The highest BCUT2D eigenvalue weighted by Gasteiger charge is 2.14. The van der Waals surface area contributed by atoms with Crippen molar-refractivity contribution in [2.75, 3.05) is 12.9 Å². The number of amides is 1. The maximum absolute atomic E-state index is 10.9. The summed E-state index contributed by atoms with van der Waals surface area (Å²) in [5.74, 6) is 0.458. The van der Waals surface area contributed by atoms with E-state index in [4.69, 9.17) is 10.5 Å². The minimum Gasteiger partial charge on any atom is -0.377 e. The van der Waals surface area contributed by atoms with Crippen molar-refractivity contribution in [3.63, 3.8) is 0 Å². The monoisotopic (exact) mass is 278 g/mol. The summed E-state index contributed by atoms with van der Waals surface area (Å²) in [7, 11) is 1.60. The third-order valence-electron chi connectivity index (χ3n) is 2.33. The first-order chi connectivity index (χ1) is 9.22. The fourth-order valence-electron chi connectivity index (χ4n) is 1.59. The van der Waals surface area contributed by atoms with Gasteiger partial charge in [-0.2, -0.15) is 0 Å². The first-order valence-corrected chi connectivity index (χ1v) is 6.60. The Morgan fingerprint density at radius 1 is 1.37 bits per heavy atom. The first kappa shape index (κ1) is 13.6. The molecule has 0 aliphatic rings. The third kappa shape index (κ3) is 3.33. The van der Waals surface area contributed by atoms with Crippen LogP contribution in [0.25, 0.3) is 5.69 Å². The SMILES string of the molecule is COCc1nnc(SCC(N)=O)n1-c1ccccc1. The molecule has 0 saturated heterocycles. The normalized spacial score (nSPS) is 10.6. The predicted molar refractivity (Wildman–Crippen MR) is 72.0 cm³/mol. The van der Waals surface area contributed by atoms with Crippen LogP contribution in [0, 0.1) is 0 Å². The van der Waals surface area contributed by atoms with Gasteiger partial charge < -0.3 is 10.5 Å². The Morgan fingerprint density at radius 2 is 2.11 bits per heavy atom. The molecule has 19 heavy (non-hydrogen) atoms. The molecule has 0 atom stereocenters. The maximum atomic E-state index is 10.9. The number of hydrogen-bond acceptors (Lipinski definition) is 5. The van der Waals surface area contributed by atoms with Crippen molar-refractivity contribution in [3.05, 3.63) is 36.2 Å². The van der Waals surface area contributed by atoms with Gasteiger partial charge in [0.25, 0.3) is 0 Å². The van der Waals surface area contributed by atoms with Gasteiger partial charge in [-0.05, 0) is 12.1 Å². The summed E-state index contributed by atoms with van der Waals surface area (Å²) in [5.41, 5.74) is 6.08. The number of carbonyl (C=O) groups is 1. The van der Waals surface area contributed by atoms with Gasteiger partial charge in [0.2, 0.25) is 5.91 Å². The lowest BCUT2D eigenvalue weighted by molar-refractivity contribution is -0.115. The van der Waals surface area contributed by atoms with E-state index in [0.717, 1.165) is 5.69 Å². The van der Waals surface area contributed by atoms with Crippen LogP contribution in [0.15, 0.2) is 35.5 Å². The van der Waals surface area contributed by atoms with Crippen molar-refractivity contribution in [2.45, 2.75) is 11.8 Å². The van der Waals surface area contributed by atoms with E-state index in [9.17, 15) is 4.79 Å². The third-order valence-corrected chi connectivity index (χ3v) is 3.28. The maximum Gasteiger partial charge on any atom is 0.227 e. The van der Waals surface area contributed by atoms with E-state index in [2.05, 4.69) is 10.2 Å². The van der Waals surface area contributed by atoms with Crippen LogP contribution in [0.3, 0.4) is 0 Å². The van der Waals surface area contributed by atoms with E-state index in [1.807, 2.05) is 34.9 Å². The lowest BCUT2D eigenvalue weighted by Gasteiger charge is -2.08. The molecule has 0 radical (unpaired) electrons. The molecule has 0 bridgehead atoms. The van der Waals surface area contributed by atoms with Crippen molar-refractivity contribution in [1.82, 2.24) is 14.8 Å². The number of methoxy groups -OCH3 is 1. The molecule has 0 saturated carbocycles. The van der Waals surface area contributed by atoms with Gasteiger partial charge in [0.15, 0.2) is 11.0 Å². The summed E-state index contributed by atoms with van der Waals surface area (Å²) in [6, 6.07) is 9.66. The van der Waals surface area contributed by atoms with Gasteiger partial charge in [0.1, 0.15) is 6.61 Å². The fourth-order valence-corrected chi connectivity index (χ4v) is 2.30. The number of thioether (sulfide) groups is 1. The van der Waals surface area contributed by atoms with Crippen molar-refractivity contribution in [3.8, 4) is 5.69 Å². The Kier molecular flexibility index (Phi) is 4.53. The van der Waals surface area contributed by atoms with Crippen LogP contribution in [0.2, 0.25) is 0 Å². The number of aromatic nitrogens is 3. The molecule has 6 nitrogen and oxygen atoms in total. The largest absolute Gasteiger partial charge is 0.377 e. The van der Waals surface area contributed by atoms with Gasteiger partial charge >= 0.3 is 0 Å². The molecule has 7 heteroatoms. The lowest BCUT2D eigenvalue weighted by Crippen LogP contribution is -2.14. The van der Waals surface area contributed by atoms with E-state index in [1.54, 1.807) is 7.11 Å². The van der Waals surface area contributed by atoms with Gasteiger partial charge in [0.05, 0.1) is 5.75 Å². The number of benzene rings is 1. The van der Waals surface area contributed by atoms with Crippen molar-refractivity contribution < 1.29 is 9.53 Å². The minimum absolute atomic E-state index is 0.165. The van der Waals surface area contributed by atoms with Crippen LogP contribution in [-0.4, -0.2) is 33.5 Å². The second-order valence-corrected chi connectivity index (χ2v) is 4.70. The number of primary amides is 1. The topological polar surface area (TPSA) is 83.0 Å². The van der Waals surface area contributed by atoms with E-state index in [1.165, 1.54) is 11.8 Å². The number of hydrogen-bond donors (Lipinski definition) is 1. The molecule has 1 aromatic heterocycles. The average Bonchev–Trinajstić information content (AvgIpc) is 2.81. The van der Waals surface area contributed by atoms with Gasteiger partial charge in [-0.3, -0.25) is 9.36 Å². The molecule has 1 amide bonds. The van der Waals surface area contributed by atoms with Gasteiger partial charge in [-0.1, -0.05) is 30.0 Å². The highest BCUT2D eigenvalue weighted by atomic mass is 32.2. The first-order valence-electron chi connectivity index (χ1n) is 5.62. The molecule has 0 unspecified atom stereocenters. The Morgan fingerprint density at radius 3 is 2.74 bits per heavy atom. The summed E-state index contributed by atoms with van der Waals surface area (Å²) in [5, 5.41) is 8.77. The highest BCUT2D eigenvalue weighted by molar-refractivity contribution is 7.99. The smallest absolute Gasteiger partial charge is 0.227 e. The number of carbonyl (C=O) groups excluding carboxylic acids is 1. The Labute approximate surface area is 115 Å². The predicted octanol–water partition coefficient (Wildman–Crippen LogP) is 0.991. The van der Waals surface area contributed by atoms with Crippen LogP contribution in [0.1, 0.15) is 5.82 Å². The molecule has 0 fully saturated rings. The van der Waals surface area contributed by atoms with E-state index >= 15 is 0 Å². The molecule has 0 aliphatic heterocycles. The zero-order chi connectivity index (χ0) is 13.7. The van der Waals surface area contributed by atoms with Crippen molar-refractivity contribution in [1.29, 1.82) is 0 Å². The van der Waals surface area contributed by atoms with Crippen LogP contribution in [-0.2, 0) is 16.1 Å². The Hall–Kier alpha value is -1.86. The zero-order valence-electron chi connectivity index (χ0n) is 10.4. The number of rotatable bonds is 6. The van der Waals surface area contributed by atoms with E-state index in [0.29, 0.717) is 17.6 Å².